The van der Waals surface area contributed by atoms with E-state index < -0.39 is 10.8 Å². The molecule has 0 bridgehead atoms. The SMILES string of the molecule is O=C(N/N=C\c1cccc2ccccc12)c1ccc(Cl)c([N+](=O)[O-])c1. The number of benzene rings is 3. The molecule has 0 radical (unpaired) electrons. The van der Waals surface area contributed by atoms with E-state index in [0.29, 0.717) is 0 Å². The number of hydrogen-bond acceptors (Lipinski definition) is 4. The first kappa shape index (κ1) is 16.6. The van der Waals surface area contributed by atoms with Crippen LogP contribution in [0.4, 0.5) is 5.69 Å². The van der Waals surface area contributed by atoms with E-state index in [1.54, 1.807) is 0 Å². The van der Waals surface area contributed by atoms with Crippen LogP contribution in [0.15, 0.2) is 65.8 Å². The van der Waals surface area contributed by atoms with Crippen LogP contribution in [0.3, 0.4) is 0 Å². The standard InChI is InChI=1S/C18H12ClN3O3/c19-16-9-8-13(10-17(16)22(24)25)18(23)21-20-11-14-6-3-5-12-4-1-2-7-15(12)14/h1-11H,(H,21,23)/b20-11-. The van der Waals surface area contributed by atoms with E-state index in [2.05, 4.69) is 10.5 Å². The summed E-state index contributed by atoms with van der Waals surface area (Å²) >= 11 is 5.73. The van der Waals surface area contributed by atoms with E-state index in [-0.39, 0.29) is 16.3 Å². The highest BCUT2D eigenvalue weighted by Crippen LogP contribution is 2.25. The lowest BCUT2D eigenvalue weighted by Crippen LogP contribution is -2.17. The van der Waals surface area contributed by atoms with Crippen molar-refractivity contribution in [1.82, 2.24) is 5.43 Å². The Labute approximate surface area is 147 Å². The van der Waals surface area contributed by atoms with E-state index in [1.807, 2.05) is 42.5 Å². The first-order chi connectivity index (χ1) is 12.1. The Morgan fingerprint density at radius 3 is 2.68 bits per heavy atom. The van der Waals surface area contributed by atoms with Crippen molar-refractivity contribution in [1.29, 1.82) is 0 Å². The molecule has 0 saturated heterocycles. The lowest BCUT2D eigenvalue weighted by molar-refractivity contribution is -0.384. The minimum absolute atomic E-state index is 0.0270. The Hall–Kier alpha value is -3.25. The number of nitrogens with zero attached hydrogens (tertiary/aromatic N) is 2. The predicted molar refractivity (Wildman–Crippen MR) is 97.1 cm³/mol. The van der Waals surface area contributed by atoms with Gasteiger partial charge in [0.2, 0.25) is 0 Å². The number of hydrazone groups is 1. The van der Waals surface area contributed by atoms with Crippen molar-refractivity contribution >= 4 is 40.2 Å². The summed E-state index contributed by atoms with van der Waals surface area (Å²) in [7, 11) is 0. The van der Waals surface area contributed by atoms with Gasteiger partial charge in [0, 0.05) is 17.2 Å². The van der Waals surface area contributed by atoms with Gasteiger partial charge in [-0.15, -0.1) is 0 Å². The molecule has 3 rings (SSSR count). The average molecular weight is 354 g/mol. The van der Waals surface area contributed by atoms with Crippen molar-refractivity contribution in [3.05, 3.63) is 86.9 Å². The van der Waals surface area contributed by atoms with Gasteiger partial charge in [-0.25, -0.2) is 5.43 Å². The third kappa shape index (κ3) is 3.64. The number of amides is 1. The Balaban J connectivity index is 1.79. The molecule has 0 saturated carbocycles. The fourth-order valence-corrected chi connectivity index (χ4v) is 2.57. The number of nitro groups is 1. The summed E-state index contributed by atoms with van der Waals surface area (Å²) in [4.78, 5) is 22.3. The van der Waals surface area contributed by atoms with Crippen molar-refractivity contribution in [2.24, 2.45) is 5.10 Å². The summed E-state index contributed by atoms with van der Waals surface area (Å²) in [6.07, 6.45) is 1.53. The van der Waals surface area contributed by atoms with Crippen LogP contribution in [0.5, 0.6) is 0 Å². The summed E-state index contributed by atoms with van der Waals surface area (Å²) in [5.74, 6) is -0.559. The number of carbonyl (C=O) groups is 1. The molecule has 25 heavy (non-hydrogen) atoms. The van der Waals surface area contributed by atoms with Gasteiger partial charge in [0.15, 0.2) is 0 Å². The van der Waals surface area contributed by atoms with E-state index in [4.69, 9.17) is 11.6 Å². The van der Waals surface area contributed by atoms with Crippen molar-refractivity contribution in [3.63, 3.8) is 0 Å². The van der Waals surface area contributed by atoms with Crippen LogP contribution in [-0.2, 0) is 0 Å². The molecular weight excluding hydrogens is 342 g/mol. The summed E-state index contributed by atoms with van der Waals surface area (Å²) in [5, 5.41) is 16.9. The third-order valence-corrected chi connectivity index (χ3v) is 3.92. The van der Waals surface area contributed by atoms with Crippen molar-refractivity contribution < 1.29 is 9.72 Å². The zero-order valence-electron chi connectivity index (χ0n) is 12.8. The molecule has 0 unspecified atom stereocenters. The van der Waals surface area contributed by atoms with Gasteiger partial charge in [0.05, 0.1) is 11.1 Å². The first-order valence-electron chi connectivity index (χ1n) is 7.31. The van der Waals surface area contributed by atoms with Gasteiger partial charge < -0.3 is 0 Å². The number of carbonyl (C=O) groups excluding carboxylic acids is 1. The molecule has 0 fully saturated rings. The Bertz CT molecular complexity index is 997. The number of rotatable bonds is 4. The molecule has 0 aliphatic rings. The second-order valence-corrected chi connectivity index (χ2v) is 5.60. The predicted octanol–water partition coefficient (Wildman–Crippen LogP) is 4.17. The van der Waals surface area contributed by atoms with Crippen LogP contribution < -0.4 is 5.43 Å². The van der Waals surface area contributed by atoms with E-state index in [9.17, 15) is 14.9 Å². The van der Waals surface area contributed by atoms with Gasteiger partial charge in [-0.2, -0.15) is 5.10 Å². The van der Waals surface area contributed by atoms with E-state index in [0.717, 1.165) is 22.4 Å². The van der Waals surface area contributed by atoms with Gasteiger partial charge in [-0.1, -0.05) is 54.1 Å². The Morgan fingerprint density at radius 2 is 1.88 bits per heavy atom. The van der Waals surface area contributed by atoms with Crippen LogP contribution in [0, 0.1) is 10.1 Å². The van der Waals surface area contributed by atoms with Crippen LogP contribution in [0.25, 0.3) is 10.8 Å². The smallest absolute Gasteiger partial charge is 0.267 e. The molecule has 3 aromatic carbocycles. The second kappa shape index (κ2) is 7.11. The Morgan fingerprint density at radius 1 is 1.12 bits per heavy atom. The highest BCUT2D eigenvalue weighted by Gasteiger charge is 2.15. The fourth-order valence-electron chi connectivity index (χ4n) is 2.38. The van der Waals surface area contributed by atoms with Crippen molar-refractivity contribution in [2.45, 2.75) is 0 Å². The largest absolute Gasteiger partial charge is 0.288 e. The number of hydrogen-bond donors (Lipinski definition) is 1. The molecule has 1 N–H and O–H groups in total. The highest BCUT2D eigenvalue weighted by atomic mass is 35.5. The number of nitro benzene ring substituents is 1. The third-order valence-electron chi connectivity index (χ3n) is 3.60. The molecule has 0 atom stereocenters. The number of nitrogens with one attached hydrogen (secondary N) is 1. The summed E-state index contributed by atoms with van der Waals surface area (Å²) in [5.41, 5.74) is 2.99. The molecular formula is C18H12ClN3O3. The molecule has 6 nitrogen and oxygen atoms in total. The summed E-state index contributed by atoms with van der Waals surface area (Å²) in [6, 6.07) is 17.4. The van der Waals surface area contributed by atoms with Gasteiger partial charge in [-0.3, -0.25) is 14.9 Å². The van der Waals surface area contributed by atoms with Gasteiger partial charge in [0.25, 0.3) is 11.6 Å². The van der Waals surface area contributed by atoms with Gasteiger partial charge in [-0.05, 0) is 22.9 Å². The highest BCUT2D eigenvalue weighted by molar-refractivity contribution is 6.32. The minimum atomic E-state index is -0.640. The van der Waals surface area contributed by atoms with Crippen LogP contribution in [0.1, 0.15) is 15.9 Å². The lowest BCUT2D eigenvalue weighted by Gasteiger charge is -2.03. The fraction of sp³-hybridized carbons (Fsp3) is 0. The maximum atomic E-state index is 12.1. The quantitative estimate of drug-likeness (QED) is 0.434. The maximum absolute atomic E-state index is 12.1. The van der Waals surface area contributed by atoms with Crippen LogP contribution in [-0.4, -0.2) is 17.0 Å². The Kier molecular flexibility index (Phi) is 4.72. The normalized spacial score (nSPS) is 10.9. The van der Waals surface area contributed by atoms with Gasteiger partial charge >= 0.3 is 0 Å². The van der Waals surface area contributed by atoms with Gasteiger partial charge in [0.1, 0.15) is 5.02 Å². The maximum Gasteiger partial charge on any atom is 0.288 e. The van der Waals surface area contributed by atoms with Crippen LogP contribution >= 0.6 is 11.6 Å². The minimum Gasteiger partial charge on any atom is -0.267 e. The number of halogens is 1. The topological polar surface area (TPSA) is 84.6 Å². The molecule has 3 aromatic rings. The second-order valence-electron chi connectivity index (χ2n) is 5.19. The average Bonchev–Trinajstić information content (AvgIpc) is 2.62. The summed E-state index contributed by atoms with van der Waals surface area (Å²) < 4.78 is 0. The lowest BCUT2D eigenvalue weighted by atomic mass is 10.1. The molecule has 0 aliphatic carbocycles. The molecule has 0 spiro atoms. The van der Waals surface area contributed by atoms with Crippen molar-refractivity contribution in [2.75, 3.05) is 0 Å². The molecule has 1 amide bonds. The molecule has 0 heterocycles. The number of fused-ring (bicyclic) bond motifs is 1. The molecule has 7 heteroatoms. The monoisotopic (exact) mass is 353 g/mol. The summed E-state index contributed by atoms with van der Waals surface area (Å²) in [6.45, 7) is 0. The molecule has 124 valence electrons. The zero-order valence-corrected chi connectivity index (χ0v) is 13.6. The molecule has 0 aliphatic heterocycles. The molecule has 0 aromatic heterocycles. The van der Waals surface area contributed by atoms with Crippen LogP contribution in [0.2, 0.25) is 5.02 Å². The van der Waals surface area contributed by atoms with E-state index in [1.165, 1.54) is 18.3 Å². The van der Waals surface area contributed by atoms with Crippen molar-refractivity contribution in [3.8, 4) is 0 Å². The first-order valence-corrected chi connectivity index (χ1v) is 7.69. The zero-order chi connectivity index (χ0) is 17.8. The van der Waals surface area contributed by atoms with E-state index >= 15 is 0 Å².